The third-order valence-electron chi connectivity index (χ3n) is 3.15. The summed E-state index contributed by atoms with van der Waals surface area (Å²) >= 11 is 0. The van der Waals surface area contributed by atoms with Gasteiger partial charge in [0.1, 0.15) is 5.56 Å². The van der Waals surface area contributed by atoms with Crippen LogP contribution in [0.4, 0.5) is 5.69 Å². The van der Waals surface area contributed by atoms with Gasteiger partial charge in [-0.1, -0.05) is 0 Å². The van der Waals surface area contributed by atoms with Crippen LogP contribution in [0, 0.1) is 10.1 Å². The van der Waals surface area contributed by atoms with E-state index in [1.807, 2.05) is 0 Å². The van der Waals surface area contributed by atoms with Gasteiger partial charge in [-0.2, -0.15) is 0 Å². The molecule has 9 nitrogen and oxygen atoms in total. The first-order valence-corrected chi connectivity index (χ1v) is 6.72. The van der Waals surface area contributed by atoms with E-state index in [1.54, 1.807) is 12.3 Å². The average molecular weight is 334 g/mol. The Morgan fingerprint density at radius 2 is 1.88 bits per heavy atom. The molecule has 0 atom stereocenters. The normalized spacial score (nSPS) is 10.1. The number of nitrogens with zero attached hydrogens (tertiary/aromatic N) is 1. The number of carbonyl (C=O) groups excluding carboxylic acids is 2. The summed E-state index contributed by atoms with van der Waals surface area (Å²) in [5.74, 6) is -1.24. The molecule has 0 radical (unpaired) electrons. The van der Waals surface area contributed by atoms with Gasteiger partial charge in [-0.15, -0.1) is 0 Å². The van der Waals surface area contributed by atoms with Gasteiger partial charge in [-0.25, -0.2) is 4.79 Å². The van der Waals surface area contributed by atoms with Crippen molar-refractivity contribution in [2.75, 3.05) is 20.8 Å². The van der Waals surface area contributed by atoms with Crippen molar-refractivity contribution in [3.63, 3.8) is 0 Å². The number of nitrogens with one attached hydrogen (secondary N) is 1. The molecule has 0 bridgehead atoms. The number of carbonyl (C=O) groups is 2. The van der Waals surface area contributed by atoms with Crippen molar-refractivity contribution in [3.05, 3.63) is 51.8 Å². The fourth-order valence-corrected chi connectivity index (χ4v) is 1.97. The summed E-state index contributed by atoms with van der Waals surface area (Å²) in [6.45, 7) is -0.551. The summed E-state index contributed by atoms with van der Waals surface area (Å²) in [4.78, 5) is 37.0. The molecule has 2 rings (SSSR count). The van der Waals surface area contributed by atoms with Crippen molar-refractivity contribution < 1.29 is 28.7 Å². The quantitative estimate of drug-likeness (QED) is 0.355. The number of aromatic nitrogens is 1. The molecule has 1 heterocycles. The molecule has 9 heteroatoms. The van der Waals surface area contributed by atoms with E-state index in [0.29, 0.717) is 0 Å². The van der Waals surface area contributed by atoms with Gasteiger partial charge in [0.15, 0.2) is 18.1 Å². The molecular formula is C15H14N2O7. The Bertz CT molecular complexity index is 768. The monoisotopic (exact) mass is 334 g/mol. The first-order valence-electron chi connectivity index (χ1n) is 6.72. The number of methoxy groups -OCH3 is 2. The topological polar surface area (TPSA) is 121 Å². The van der Waals surface area contributed by atoms with Crippen LogP contribution in [0.25, 0.3) is 0 Å². The number of ether oxygens (including phenoxy) is 3. The van der Waals surface area contributed by atoms with Crippen LogP contribution in [0.2, 0.25) is 0 Å². The fraction of sp³-hybridized carbons (Fsp3) is 0.200. The Labute approximate surface area is 136 Å². The van der Waals surface area contributed by atoms with Gasteiger partial charge in [0.2, 0.25) is 5.78 Å². The number of nitro benzene ring substituents is 1. The fourth-order valence-electron chi connectivity index (χ4n) is 1.97. The predicted molar refractivity (Wildman–Crippen MR) is 81.6 cm³/mol. The maximum Gasteiger partial charge on any atom is 0.345 e. The molecule has 2 aromatic rings. The third kappa shape index (κ3) is 3.51. The summed E-state index contributed by atoms with van der Waals surface area (Å²) < 4.78 is 14.9. The SMILES string of the molecule is COc1cc(C(=O)OCC(=O)c2ccc[nH]2)c([N+](=O)[O-])cc1OC. The van der Waals surface area contributed by atoms with E-state index in [1.165, 1.54) is 20.3 Å². The molecule has 0 amide bonds. The first kappa shape index (κ1) is 17.0. The van der Waals surface area contributed by atoms with E-state index in [2.05, 4.69) is 4.98 Å². The summed E-state index contributed by atoms with van der Waals surface area (Å²) in [6, 6.07) is 5.34. The van der Waals surface area contributed by atoms with E-state index in [9.17, 15) is 19.7 Å². The Hall–Kier alpha value is -3.36. The summed E-state index contributed by atoms with van der Waals surface area (Å²) in [6.07, 6.45) is 1.55. The number of hydrogen-bond donors (Lipinski definition) is 1. The van der Waals surface area contributed by atoms with E-state index in [0.717, 1.165) is 12.1 Å². The van der Waals surface area contributed by atoms with E-state index in [4.69, 9.17) is 14.2 Å². The van der Waals surface area contributed by atoms with Crippen molar-refractivity contribution in [1.82, 2.24) is 4.98 Å². The van der Waals surface area contributed by atoms with E-state index in [-0.39, 0.29) is 22.8 Å². The molecular weight excluding hydrogens is 320 g/mol. The second kappa shape index (κ2) is 7.27. The van der Waals surface area contributed by atoms with Gasteiger partial charge < -0.3 is 19.2 Å². The van der Waals surface area contributed by atoms with Gasteiger partial charge in [0.25, 0.3) is 5.69 Å². The number of aromatic amines is 1. The number of ketones is 1. The first-order chi connectivity index (χ1) is 11.5. The van der Waals surface area contributed by atoms with Crippen LogP contribution in [0.1, 0.15) is 20.8 Å². The van der Waals surface area contributed by atoms with Gasteiger partial charge in [0.05, 0.1) is 30.9 Å². The molecule has 0 aliphatic rings. The number of rotatable bonds is 7. The molecule has 0 unspecified atom stereocenters. The lowest BCUT2D eigenvalue weighted by Crippen LogP contribution is -2.16. The number of hydrogen-bond acceptors (Lipinski definition) is 7. The largest absolute Gasteiger partial charge is 0.493 e. The molecule has 0 spiro atoms. The lowest BCUT2D eigenvalue weighted by atomic mass is 10.1. The van der Waals surface area contributed by atoms with Crippen molar-refractivity contribution in [1.29, 1.82) is 0 Å². The minimum Gasteiger partial charge on any atom is -0.493 e. The number of H-pyrrole nitrogens is 1. The van der Waals surface area contributed by atoms with Crippen LogP contribution in [0.15, 0.2) is 30.5 Å². The average Bonchev–Trinajstić information content (AvgIpc) is 3.12. The maximum absolute atomic E-state index is 12.1. The maximum atomic E-state index is 12.1. The van der Waals surface area contributed by atoms with Gasteiger partial charge in [-0.3, -0.25) is 14.9 Å². The van der Waals surface area contributed by atoms with Crippen LogP contribution in [0.3, 0.4) is 0 Å². The zero-order valence-corrected chi connectivity index (χ0v) is 12.9. The highest BCUT2D eigenvalue weighted by Crippen LogP contribution is 2.34. The summed E-state index contributed by atoms with van der Waals surface area (Å²) in [7, 11) is 2.64. The summed E-state index contributed by atoms with van der Waals surface area (Å²) in [5.41, 5.74) is -0.577. The Morgan fingerprint density at radius 3 is 2.42 bits per heavy atom. The second-order valence-electron chi connectivity index (χ2n) is 4.56. The van der Waals surface area contributed by atoms with Crippen molar-refractivity contribution in [3.8, 4) is 11.5 Å². The van der Waals surface area contributed by atoms with Crippen molar-refractivity contribution in [2.24, 2.45) is 0 Å². The molecule has 24 heavy (non-hydrogen) atoms. The van der Waals surface area contributed by atoms with E-state index < -0.39 is 29.0 Å². The third-order valence-corrected chi connectivity index (χ3v) is 3.15. The molecule has 0 fully saturated rings. The van der Waals surface area contributed by atoms with Crippen LogP contribution in [-0.2, 0) is 4.74 Å². The van der Waals surface area contributed by atoms with E-state index >= 15 is 0 Å². The standard InChI is InChI=1S/C15H14N2O7/c1-22-13-6-9(11(17(20)21)7-14(13)23-2)15(19)24-8-12(18)10-4-3-5-16-10/h3-7,16H,8H2,1-2H3. The Morgan fingerprint density at radius 1 is 1.21 bits per heavy atom. The zero-order chi connectivity index (χ0) is 17.7. The van der Waals surface area contributed by atoms with Crippen molar-refractivity contribution in [2.45, 2.75) is 0 Å². The summed E-state index contributed by atoms with van der Waals surface area (Å²) in [5, 5.41) is 11.1. The highest BCUT2D eigenvalue weighted by molar-refractivity contribution is 5.99. The zero-order valence-electron chi connectivity index (χ0n) is 12.9. The van der Waals surface area contributed by atoms with Crippen LogP contribution < -0.4 is 9.47 Å². The van der Waals surface area contributed by atoms with Crippen LogP contribution >= 0.6 is 0 Å². The number of Topliss-reactive ketones (excluding diaryl/α,β-unsaturated/α-hetero) is 1. The van der Waals surface area contributed by atoms with Gasteiger partial charge in [0, 0.05) is 12.3 Å². The Balaban J connectivity index is 2.24. The lowest BCUT2D eigenvalue weighted by Gasteiger charge is -2.10. The number of nitro groups is 1. The molecule has 126 valence electrons. The second-order valence-corrected chi connectivity index (χ2v) is 4.56. The predicted octanol–water partition coefficient (Wildman–Crippen LogP) is 1.98. The minimum atomic E-state index is -1.01. The molecule has 1 aromatic heterocycles. The molecule has 0 aliphatic carbocycles. The molecule has 1 N–H and O–H groups in total. The molecule has 0 aliphatic heterocycles. The number of benzene rings is 1. The van der Waals surface area contributed by atoms with Crippen molar-refractivity contribution >= 4 is 17.4 Å². The highest BCUT2D eigenvalue weighted by Gasteiger charge is 2.26. The smallest absolute Gasteiger partial charge is 0.345 e. The van der Waals surface area contributed by atoms with Crippen LogP contribution in [-0.4, -0.2) is 42.5 Å². The molecule has 1 aromatic carbocycles. The van der Waals surface area contributed by atoms with Gasteiger partial charge in [-0.05, 0) is 12.1 Å². The minimum absolute atomic E-state index is 0.100. The highest BCUT2D eigenvalue weighted by atomic mass is 16.6. The van der Waals surface area contributed by atoms with Gasteiger partial charge >= 0.3 is 5.97 Å². The van der Waals surface area contributed by atoms with Crippen LogP contribution in [0.5, 0.6) is 11.5 Å². The Kier molecular flexibility index (Phi) is 5.15. The molecule has 0 saturated carbocycles. The molecule has 0 saturated heterocycles. The number of esters is 1. The lowest BCUT2D eigenvalue weighted by molar-refractivity contribution is -0.385.